The first-order valence-corrected chi connectivity index (χ1v) is 6.34. The zero-order valence-corrected chi connectivity index (χ0v) is 10.00. The molecule has 1 amide bonds. The summed E-state index contributed by atoms with van der Waals surface area (Å²) in [6, 6.07) is -0.146. The fraction of sp³-hybridized carbons (Fsp3) is 0.917. The van der Waals surface area contributed by atoms with Crippen LogP contribution in [-0.4, -0.2) is 38.3 Å². The van der Waals surface area contributed by atoms with E-state index in [0.29, 0.717) is 19.1 Å². The van der Waals surface area contributed by atoms with Crippen molar-refractivity contribution in [3.05, 3.63) is 0 Å². The van der Waals surface area contributed by atoms with Crippen molar-refractivity contribution >= 4 is 5.91 Å². The zero-order valence-electron chi connectivity index (χ0n) is 10.00. The summed E-state index contributed by atoms with van der Waals surface area (Å²) in [6.45, 7) is 5.12. The lowest BCUT2D eigenvalue weighted by Gasteiger charge is -2.23. The Morgan fingerprint density at radius 3 is 3.00 bits per heavy atom. The smallest absolute Gasteiger partial charge is 0.239 e. The van der Waals surface area contributed by atoms with Gasteiger partial charge in [-0.25, -0.2) is 0 Å². The van der Waals surface area contributed by atoms with Gasteiger partial charge in [-0.1, -0.05) is 13.3 Å². The molecule has 3 unspecified atom stereocenters. The number of hydrogen-bond donors (Lipinski definition) is 2. The Morgan fingerprint density at radius 1 is 1.50 bits per heavy atom. The predicted octanol–water partition coefficient (Wildman–Crippen LogP) is 0.527. The molecule has 0 bridgehead atoms. The van der Waals surface area contributed by atoms with Gasteiger partial charge in [-0.15, -0.1) is 0 Å². The molecule has 1 saturated heterocycles. The predicted molar refractivity (Wildman–Crippen MR) is 62.1 cm³/mol. The van der Waals surface area contributed by atoms with E-state index in [1.807, 2.05) is 0 Å². The van der Waals surface area contributed by atoms with Gasteiger partial charge in [-0.3, -0.25) is 4.79 Å². The number of ether oxygens (including phenoxy) is 1. The van der Waals surface area contributed by atoms with Gasteiger partial charge in [0.1, 0.15) is 6.04 Å². The maximum Gasteiger partial charge on any atom is 0.239 e. The Balaban J connectivity index is 1.66. The molecule has 0 aromatic carbocycles. The second-order valence-electron chi connectivity index (χ2n) is 5.11. The lowest BCUT2D eigenvalue weighted by atomic mass is 10.1. The van der Waals surface area contributed by atoms with Crippen LogP contribution in [0.4, 0.5) is 0 Å². The van der Waals surface area contributed by atoms with Crippen molar-refractivity contribution in [2.75, 3.05) is 26.3 Å². The van der Waals surface area contributed by atoms with E-state index < -0.39 is 0 Å². The van der Waals surface area contributed by atoms with Gasteiger partial charge in [-0.2, -0.15) is 0 Å². The highest BCUT2D eigenvalue weighted by atomic mass is 16.5. The third-order valence-electron chi connectivity index (χ3n) is 3.61. The van der Waals surface area contributed by atoms with Crippen molar-refractivity contribution in [1.82, 2.24) is 10.6 Å². The zero-order chi connectivity index (χ0) is 11.4. The molecule has 3 atom stereocenters. The molecule has 0 aromatic heterocycles. The molecular formula is C12H22N2O2. The van der Waals surface area contributed by atoms with Crippen LogP contribution >= 0.6 is 0 Å². The van der Waals surface area contributed by atoms with Crippen molar-refractivity contribution in [3.63, 3.8) is 0 Å². The molecular weight excluding hydrogens is 204 g/mol. The molecule has 0 radical (unpaired) electrons. The number of amides is 1. The first-order valence-electron chi connectivity index (χ1n) is 6.34. The normalized spacial score (nSPS) is 34.9. The minimum Gasteiger partial charge on any atom is -0.378 e. The number of carbonyl (C=O) groups excluding carboxylic acids is 1. The Bertz CT molecular complexity index is 239. The molecule has 2 aliphatic rings. The highest BCUT2D eigenvalue weighted by Crippen LogP contribution is 2.29. The molecule has 0 spiro atoms. The minimum absolute atomic E-state index is 0.0965. The van der Waals surface area contributed by atoms with Crippen LogP contribution in [0.25, 0.3) is 0 Å². The molecule has 2 rings (SSSR count). The van der Waals surface area contributed by atoms with Crippen molar-refractivity contribution in [2.45, 2.75) is 32.2 Å². The molecule has 2 fully saturated rings. The average molecular weight is 226 g/mol. The summed E-state index contributed by atoms with van der Waals surface area (Å²) in [7, 11) is 0. The molecule has 2 N–H and O–H groups in total. The largest absolute Gasteiger partial charge is 0.378 e. The number of morpholine rings is 1. The van der Waals surface area contributed by atoms with Gasteiger partial charge in [0.05, 0.1) is 13.2 Å². The molecule has 16 heavy (non-hydrogen) atoms. The molecule has 0 aromatic rings. The molecule has 1 heterocycles. The first-order chi connectivity index (χ1) is 7.75. The third-order valence-corrected chi connectivity index (χ3v) is 3.61. The Morgan fingerprint density at radius 2 is 2.38 bits per heavy atom. The summed E-state index contributed by atoms with van der Waals surface area (Å²) in [5.41, 5.74) is 0. The summed E-state index contributed by atoms with van der Waals surface area (Å²) >= 11 is 0. The van der Waals surface area contributed by atoms with Crippen LogP contribution < -0.4 is 10.6 Å². The van der Waals surface area contributed by atoms with E-state index in [1.54, 1.807) is 0 Å². The van der Waals surface area contributed by atoms with Gasteiger partial charge in [0, 0.05) is 13.1 Å². The Labute approximate surface area is 97.1 Å². The van der Waals surface area contributed by atoms with Gasteiger partial charge >= 0.3 is 0 Å². The fourth-order valence-corrected chi connectivity index (χ4v) is 2.61. The van der Waals surface area contributed by atoms with Gasteiger partial charge in [0.15, 0.2) is 0 Å². The third kappa shape index (κ3) is 3.19. The van der Waals surface area contributed by atoms with Crippen molar-refractivity contribution in [2.24, 2.45) is 11.8 Å². The van der Waals surface area contributed by atoms with Gasteiger partial charge in [-0.05, 0) is 24.7 Å². The lowest BCUT2D eigenvalue weighted by molar-refractivity contribution is -0.126. The van der Waals surface area contributed by atoms with Gasteiger partial charge < -0.3 is 15.4 Å². The second kappa shape index (κ2) is 5.64. The maximum atomic E-state index is 11.8. The topological polar surface area (TPSA) is 50.4 Å². The van der Waals surface area contributed by atoms with Crippen LogP contribution in [0.5, 0.6) is 0 Å². The van der Waals surface area contributed by atoms with E-state index in [4.69, 9.17) is 4.74 Å². The van der Waals surface area contributed by atoms with Crippen LogP contribution in [0.15, 0.2) is 0 Å². The van der Waals surface area contributed by atoms with Crippen LogP contribution in [-0.2, 0) is 9.53 Å². The van der Waals surface area contributed by atoms with E-state index >= 15 is 0 Å². The number of nitrogens with one attached hydrogen (secondary N) is 2. The summed E-state index contributed by atoms with van der Waals surface area (Å²) in [4.78, 5) is 11.8. The second-order valence-corrected chi connectivity index (χ2v) is 5.11. The highest BCUT2D eigenvalue weighted by molar-refractivity contribution is 5.81. The van der Waals surface area contributed by atoms with Crippen LogP contribution in [0.1, 0.15) is 26.2 Å². The minimum atomic E-state index is -0.146. The van der Waals surface area contributed by atoms with Crippen molar-refractivity contribution in [1.29, 1.82) is 0 Å². The van der Waals surface area contributed by atoms with E-state index in [2.05, 4.69) is 17.6 Å². The summed E-state index contributed by atoms with van der Waals surface area (Å²) in [5.74, 6) is 1.61. The SMILES string of the molecule is CC1CCC(CNC(=O)C2COCCN2)C1. The van der Waals surface area contributed by atoms with Crippen LogP contribution in [0, 0.1) is 11.8 Å². The van der Waals surface area contributed by atoms with Crippen molar-refractivity contribution in [3.8, 4) is 0 Å². The summed E-state index contributed by atoms with van der Waals surface area (Å²) in [6.07, 6.45) is 3.83. The standard InChI is InChI=1S/C12H22N2O2/c1-9-2-3-10(6-9)7-14-12(15)11-8-16-5-4-13-11/h9-11,13H,2-8H2,1H3,(H,14,15). The molecule has 1 saturated carbocycles. The summed E-state index contributed by atoms with van der Waals surface area (Å²) < 4.78 is 5.27. The van der Waals surface area contributed by atoms with Gasteiger partial charge in [0.25, 0.3) is 0 Å². The summed E-state index contributed by atoms with van der Waals surface area (Å²) in [5, 5.41) is 6.20. The number of rotatable bonds is 3. The molecule has 1 aliphatic carbocycles. The number of carbonyl (C=O) groups is 1. The van der Waals surface area contributed by atoms with Crippen LogP contribution in [0.3, 0.4) is 0 Å². The monoisotopic (exact) mass is 226 g/mol. The Hall–Kier alpha value is -0.610. The maximum absolute atomic E-state index is 11.8. The van der Waals surface area contributed by atoms with Crippen molar-refractivity contribution < 1.29 is 9.53 Å². The highest BCUT2D eigenvalue weighted by Gasteiger charge is 2.24. The lowest BCUT2D eigenvalue weighted by Crippen LogP contribution is -2.51. The molecule has 1 aliphatic heterocycles. The van der Waals surface area contributed by atoms with E-state index in [-0.39, 0.29) is 11.9 Å². The van der Waals surface area contributed by atoms with Crippen LogP contribution in [0.2, 0.25) is 0 Å². The Kier molecular flexibility index (Phi) is 4.18. The number of hydrogen-bond acceptors (Lipinski definition) is 3. The molecule has 92 valence electrons. The molecule has 4 nitrogen and oxygen atoms in total. The quantitative estimate of drug-likeness (QED) is 0.738. The first kappa shape index (κ1) is 11.9. The van der Waals surface area contributed by atoms with E-state index in [1.165, 1.54) is 19.3 Å². The van der Waals surface area contributed by atoms with E-state index in [0.717, 1.165) is 19.0 Å². The van der Waals surface area contributed by atoms with E-state index in [9.17, 15) is 4.79 Å². The average Bonchev–Trinajstić information content (AvgIpc) is 2.73. The van der Waals surface area contributed by atoms with Gasteiger partial charge in [0.2, 0.25) is 5.91 Å². The fourth-order valence-electron chi connectivity index (χ4n) is 2.61. The molecule has 4 heteroatoms.